The summed E-state index contributed by atoms with van der Waals surface area (Å²) in [5.74, 6) is 0.310. The Labute approximate surface area is 113 Å². The molecule has 0 aliphatic carbocycles. The molecule has 1 unspecified atom stereocenters. The molecule has 1 amide bonds. The van der Waals surface area contributed by atoms with Crippen molar-refractivity contribution in [3.05, 3.63) is 23.8 Å². The van der Waals surface area contributed by atoms with Crippen LogP contribution in [0.1, 0.15) is 30.1 Å². The van der Waals surface area contributed by atoms with Crippen LogP contribution in [0.15, 0.2) is 18.2 Å². The maximum absolute atomic E-state index is 12.2. The minimum Gasteiger partial charge on any atom is -0.493 e. The van der Waals surface area contributed by atoms with Crippen molar-refractivity contribution in [1.29, 1.82) is 0 Å². The average Bonchev–Trinajstić information content (AvgIpc) is 2.90. The fourth-order valence-electron chi connectivity index (χ4n) is 2.17. The van der Waals surface area contributed by atoms with E-state index < -0.39 is 0 Å². The Morgan fingerprint density at radius 1 is 1.58 bits per heavy atom. The van der Waals surface area contributed by atoms with E-state index in [1.807, 2.05) is 6.92 Å². The molecular formula is C14H20N2O3. The number of nitrogens with two attached hydrogens (primary N) is 1. The van der Waals surface area contributed by atoms with Crippen molar-refractivity contribution in [2.75, 3.05) is 25.5 Å². The predicted octanol–water partition coefficient (Wildman–Crippen LogP) is 1.58. The van der Waals surface area contributed by atoms with Crippen LogP contribution in [0.2, 0.25) is 0 Å². The molecule has 5 heteroatoms. The van der Waals surface area contributed by atoms with Gasteiger partial charge in [-0.3, -0.25) is 4.79 Å². The molecule has 1 atom stereocenters. The molecule has 0 aromatic heterocycles. The Balaban J connectivity index is 2.04. The third-order valence-corrected chi connectivity index (χ3v) is 3.10. The highest BCUT2D eigenvalue weighted by Gasteiger charge is 2.19. The Kier molecular flexibility index (Phi) is 4.63. The number of hydrogen-bond donors (Lipinski definition) is 2. The zero-order valence-corrected chi connectivity index (χ0v) is 11.1. The second-order valence-electron chi connectivity index (χ2n) is 4.50. The molecule has 0 spiro atoms. The zero-order chi connectivity index (χ0) is 13.7. The first-order valence-corrected chi connectivity index (χ1v) is 6.63. The Morgan fingerprint density at radius 3 is 3.11 bits per heavy atom. The number of nitrogens with one attached hydrogen (secondary N) is 1. The quantitative estimate of drug-likeness (QED) is 0.792. The topological polar surface area (TPSA) is 73.6 Å². The van der Waals surface area contributed by atoms with Crippen LogP contribution in [-0.2, 0) is 4.74 Å². The summed E-state index contributed by atoms with van der Waals surface area (Å²) in [6.07, 6.45) is 2.16. The molecule has 0 bridgehead atoms. The molecule has 2 rings (SSSR count). The Bertz CT molecular complexity index is 442. The fourth-order valence-corrected chi connectivity index (χ4v) is 2.17. The van der Waals surface area contributed by atoms with Gasteiger partial charge in [-0.15, -0.1) is 0 Å². The van der Waals surface area contributed by atoms with Crippen LogP contribution in [-0.4, -0.2) is 31.8 Å². The lowest BCUT2D eigenvalue weighted by molar-refractivity contribution is 0.0855. The van der Waals surface area contributed by atoms with E-state index in [1.165, 1.54) is 0 Å². The molecule has 1 aromatic rings. The minimum absolute atomic E-state index is 0.115. The lowest BCUT2D eigenvalue weighted by Crippen LogP contribution is -2.32. The molecule has 1 fully saturated rings. The summed E-state index contributed by atoms with van der Waals surface area (Å²) in [5.41, 5.74) is 6.70. The Hall–Kier alpha value is -1.75. The zero-order valence-electron chi connectivity index (χ0n) is 11.1. The van der Waals surface area contributed by atoms with E-state index in [0.717, 1.165) is 19.4 Å². The average molecular weight is 264 g/mol. The van der Waals surface area contributed by atoms with Gasteiger partial charge in [0.25, 0.3) is 5.91 Å². The number of hydrogen-bond acceptors (Lipinski definition) is 4. The summed E-state index contributed by atoms with van der Waals surface area (Å²) < 4.78 is 10.9. The third kappa shape index (κ3) is 3.38. The summed E-state index contributed by atoms with van der Waals surface area (Å²) in [6, 6.07) is 5.22. The second kappa shape index (κ2) is 6.43. The number of anilines is 1. The van der Waals surface area contributed by atoms with Crippen molar-refractivity contribution in [2.24, 2.45) is 0 Å². The van der Waals surface area contributed by atoms with Crippen molar-refractivity contribution in [1.82, 2.24) is 5.32 Å². The standard InChI is InChI=1S/C14H20N2O3/c1-2-18-12-7-3-6-11(15)13(12)14(17)16-9-10-5-4-8-19-10/h3,6-7,10H,2,4-5,8-9,15H2,1H3,(H,16,17). The molecule has 1 aliphatic rings. The first-order chi connectivity index (χ1) is 9.22. The molecule has 104 valence electrons. The predicted molar refractivity (Wildman–Crippen MR) is 73.3 cm³/mol. The van der Waals surface area contributed by atoms with Crippen LogP contribution in [0.5, 0.6) is 5.75 Å². The second-order valence-corrected chi connectivity index (χ2v) is 4.50. The van der Waals surface area contributed by atoms with Gasteiger partial charge >= 0.3 is 0 Å². The highest BCUT2D eigenvalue weighted by Crippen LogP contribution is 2.24. The third-order valence-electron chi connectivity index (χ3n) is 3.10. The van der Waals surface area contributed by atoms with E-state index in [2.05, 4.69) is 5.32 Å². The van der Waals surface area contributed by atoms with E-state index in [0.29, 0.717) is 30.2 Å². The summed E-state index contributed by atoms with van der Waals surface area (Å²) in [5, 5.41) is 2.86. The monoisotopic (exact) mass is 264 g/mol. The normalized spacial score (nSPS) is 18.3. The largest absolute Gasteiger partial charge is 0.493 e. The smallest absolute Gasteiger partial charge is 0.257 e. The van der Waals surface area contributed by atoms with Crippen molar-refractivity contribution in [3.63, 3.8) is 0 Å². The molecule has 3 N–H and O–H groups in total. The summed E-state index contributed by atoms with van der Waals surface area (Å²) in [4.78, 5) is 12.2. The first-order valence-electron chi connectivity index (χ1n) is 6.63. The first kappa shape index (κ1) is 13.7. The van der Waals surface area contributed by atoms with Crippen LogP contribution in [0.3, 0.4) is 0 Å². The molecule has 0 saturated carbocycles. The number of amides is 1. The summed E-state index contributed by atoms with van der Waals surface area (Å²) >= 11 is 0. The lowest BCUT2D eigenvalue weighted by Gasteiger charge is -2.14. The lowest BCUT2D eigenvalue weighted by atomic mass is 10.1. The fraction of sp³-hybridized carbons (Fsp3) is 0.500. The van der Waals surface area contributed by atoms with Gasteiger partial charge in [-0.25, -0.2) is 0 Å². The van der Waals surface area contributed by atoms with Crippen LogP contribution in [0.4, 0.5) is 5.69 Å². The molecule has 1 saturated heterocycles. The summed E-state index contributed by atoms with van der Waals surface area (Å²) in [7, 11) is 0. The number of carbonyl (C=O) groups is 1. The molecule has 1 aromatic carbocycles. The maximum Gasteiger partial charge on any atom is 0.257 e. The van der Waals surface area contributed by atoms with E-state index in [4.69, 9.17) is 15.2 Å². The van der Waals surface area contributed by atoms with E-state index in [9.17, 15) is 4.79 Å². The van der Waals surface area contributed by atoms with Crippen LogP contribution < -0.4 is 15.8 Å². The van der Waals surface area contributed by atoms with Crippen LogP contribution in [0, 0.1) is 0 Å². The Morgan fingerprint density at radius 2 is 2.42 bits per heavy atom. The van der Waals surface area contributed by atoms with E-state index in [-0.39, 0.29) is 12.0 Å². The molecule has 1 aliphatic heterocycles. The van der Waals surface area contributed by atoms with Crippen molar-refractivity contribution < 1.29 is 14.3 Å². The van der Waals surface area contributed by atoms with Gasteiger partial charge in [-0.1, -0.05) is 6.07 Å². The highest BCUT2D eigenvalue weighted by molar-refractivity contribution is 6.01. The number of ether oxygens (including phenoxy) is 2. The number of nitrogen functional groups attached to an aromatic ring is 1. The molecule has 19 heavy (non-hydrogen) atoms. The minimum atomic E-state index is -0.211. The number of benzene rings is 1. The highest BCUT2D eigenvalue weighted by atomic mass is 16.5. The maximum atomic E-state index is 12.2. The van der Waals surface area contributed by atoms with E-state index >= 15 is 0 Å². The van der Waals surface area contributed by atoms with Gasteiger partial charge in [0.05, 0.1) is 12.7 Å². The summed E-state index contributed by atoms with van der Waals surface area (Å²) in [6.45, 7) is 3.66. The van der Waals surface area contributed by atoms with Gasteiger partial charge in [0.1, 0.15) is 11.3 Å². The molecular weight excluding hydrogens is 244 g/mol. The van der Waals surface area contributed by atoms with Crippen molar-refractivity contribution >= 4 is 11.6 Å². The molecule has 1 heterocycles. The van der Waals surface area contributed by atoms with E-state index in [1.54, 1.807) is 18.2 Å². The molecule has 5 nitrogen and oxygen atoms in total. The van der Waals surface area contributed by atoms with Gasteiger partial charge in [0, 0.05) is 18.8 Å². The SMILES string of the molecule is CCOc1cccc(N)c1C(=O)NCC1CCCO1. The van der Waals surface area contributed by atoms with Gasteiger partial charge < -0.3 is 20.5 Å². The van der Waals surface area contributed by atoms with Gasteiger partial charge in [-0.2, -0.15) is 0 Å². The molecule has 0 radical (unpaired) electrons. The van der Waals surface area contributed by atoms with Gasteiger partial charge in [0.15, 0.2) is 0 Å². The van der Waals surface area contributed by atoms with Crippen molar-refractivity contribution in [2.45, 2.75) is 25.9 Å². The van der Waals surface area contributed by atoms with Crippen LogP contribution in [0.25, 0.3) is 0 Å². The van der Waals surface area contributed by atoms with Gasteiger partial charge in [-0.05, 0) is 31.9 Å². The van der Waals surface area contributed by atoms with Gasteiger partial charge in [0.2, 0.25) is 0 Å². The number of carbonyl (C=O) groups excluding carboxylic acids is 1. The van der Waals surface area contributed by atoms with Crippen molar-refractivity contribution in [3.8, 4) is 5.75 Å². The number of rotatable bonds is 5. The van der Waals surface area contributed by atoms with Crippen LogP contribution >= 0.6 is 0 Å².